The van der Waals surface area contributed by atoms with Crippen molar-refractivity contribution in [2.24, 2.45) is 0 Å². The molecule has 0 saturated carbocycles. The summed E-state index contributed by atoms with van der Waals surface area (Å²) in [5.74, 6) is 10.4. The van der Waals surface area contributed by atoms with Crippen LogP contribution in [0.2, 0.25) is 0 Å². The van der Waals surface area contributed by atoms with Gasteiger partial charge in [-0.05, 0) is 109 Å². The lowest BCUT2D eigenvalue weighted by Crippen LogP contribution is -2.16. The molecule has 0 atom stereocenters. The van der Waals surface area contributed by atoms with Gasteiger partial charge in [-0.3, -0.25) is 19.2 Å². The standard InChI is InChI=1S/C52H50O14/c1-5-47(53)61-31-33-65-51(57)25-23-49(55)63-29-27-59-43-17-11-39(12-18-43)7-9-41-15-21-45(37(3)35-41)46-22-16-42(36-38(46)4)10-8-40-13-19-44(20-14-40)60-28-30-64-50(56)24-26-52(58)66-34-32-62-48(54)6-2/h5-6,11-22,35-36H,1-2,23-34H2,3-4H3. The fraction of sp³-hybridized carbons (Fsp3) is 0.269. The van der Waals surface area contributed by atoms with Crippen molar-refractivity contribution >= 4 is 35.8 Å². The van der Waals surface area contributed by atoms with E-state index in [1.165, 1.54) is 0 Å². The first-order valence-corrected chi connectivity index (χ1v) is 20.8. The third-order valence-electron chi connectivity index (χ3n) is 8.97. The Morgan fingerprint density at radius 3 is 1.02 bits per heavy atom. The molecule has 0 aromatic heterocycles. The van der Waals surface area contributed by atoms with Crippen LogP contribution in [0.15, 0.2) is 110 Å². The molecular weight excluding hydrogens is 849 g/mol. The van der Waals surface area contributed by atoms with Gasteiger partial charge in [-0.25, -0.2) is 9.59 Å². The molecule has 0 fully saturated rings. The van der Waals surface area contributed by atoms with Gasteiger partial charge in [0.25, 0.3) is 0 Å². The van der Waals surface area contributed by atoms with Crippen LogP contribution in [0.3, 0.4) is 0 Å². The van der Waals surface area contributed by atoms with Crippen molar-refractivity contribution in [2.75, 3.05) is 52.9 Å². The van der Waals surface area contributed by atoms with E-state index in [0.717, 1.165) is 56.7 Å². The summed E-state index contributed by atoms with van der Waals surface area (Å²) in [5.41, 5.74) is 7.70. The Hall–Kier alpha value is -8.10. The molecule has 0 radical (unpaired) electrons. The first-order valence-electron chi connectivity index (χ1n) is 20.8. The van der Waals surface area contributed by atoms with E-state index in [1.54, 1.807) is 24.3 Å². The van der Waals surface area contributed by atoms with Crippen LogP contribution >= 0.6 is 0 Å². The Kier molecular flexibility index (Phi) is 21.3. The maximum Gasteiger partial charge on any atom is 0.330 e. The van der Waals surface area contributed by atoms with Crippen LogP contribution in [0.4, 0.5) is 0 Å². The average Bonchev–Trinajstić information content (AvgIpc) is 3.32. The van der Waals surface area contributed by atoms with Gasteiger partial charge in [0, 0.05) is 34.4 Å². The second-order valence-corrected chi connectivity index (χ2v) is 13.9. The van der Waals surface area contributed by atoms with Gasteiger partial charge in [-0.15, -0.1) is 0 Å². The van der Waals surface area contributed by atoms with E-state index in [-0.39, 0.29) is 78.5 Å². The number of esters is 6. The van der Waals surface area contributed by atoms with Crippen molar-refractivity contribution in [3.05, 3.63) is 144 Å². The Bertz CT molecular complexity index is 2290. The van der Waals surface area contributed by atoms with Gasteiger partial charge in [-0.2, -0.15) is 0 Å². The predicted octanol–water partition coefficient (Wildman–Crippen LogP) is 6.72. The zero-order chi connectivity index (χ0) is 47.5. The molecule has 0 unspecified atom stereocenters. The number of carbonyl (C=O) groups excluding carboxylic acids is 6. The maximum absolute atomic E-state index is 11.9. The van der Waals surface area contributed by atoms with Crippen LogP contribution in [-0.4, -0.2) is 88.7 Å². The Labute approximate surface area is 383 Å². The lowest BCUT2D eigenvalue weighted by molar-refractivity contribution is -0.153. The van der Waals surface area contributed by atoms with Crippen molar-refractivity contribution in [1.82, 2.24) is 0 Å². The Morgan fingerprint density at radius 1 is 0.409 bits per heavy atom. The number of benzene rings is 4. The number of hydrogen-bond acceptors (Lipinski definition) is 14. The summed E-state index contributed by atoms with van der Waals surface area (Å²) in [6.07, 6.45) is 1.39. The smallest absolute Gasteiger partial charge is 0.330 e. The Morgan fingerprint density at radius 2 is 0.697 bits per heavy atom. The fourth-order valence-corrected chi connectivity index (χ4v) is 5.69. The van der Waals surface area contributed by atoms with Gasteiger partial charge in [0.1, 0.15) is 64.4 Å². The first-order chi connectivity index (χ1) is 31.9. The van der Waals surface area contributed by atoms with Crippen LogP contribution < -0.4 is 9.47 Å². The monoisotopic (exact) mass is 898 g/mol. The predicted molar refractivity (Wildman–Crippen MR) is 242 cm³/mol. The molecule has 0 amide bonds. The molecule has 0 N–H and O–H groups in total. The van der Waals surface area contributed by atoms with E-state index in [2.05, 4.69) is 75.0 Å². The molecule has 0 aliphatic carbocycles. The SMILES string of the molecule is C=CC(=O)OCCOC(=O)CCC(=O)OCCOc1ccc(C#Cc2ccc(-c3ccc(C#Cc4ccc(OCCOC(=O)CCC(=O)OCCOC(=O)C=C)cc4)cc3C)c(C)c2)cc1. The highest BCUT2D eigenvalue weighted by Crippen LogP contribution is 2.28. The number of rotatable bonds is 23. The second kappa shape index (κ2) is 27.9. The van der Waals surface area contributed by atoms with Gasteiger partial charge in [0.15, 0.2) is 0 Å². The molecule has 14 heteroatoms. The summed E-state index contributed by atoms with van der Waals surface area (Å²) in [7, 11) is 0. The molecule has 0 aliphatic rings. The molecule has 0 bridgehead atoms. The van der Waals surface area contributed by atoms with Crippen molar-refractivity contribution < 1.29 is 66.7 Å². The van der Waals surface area contributed by atoms with Crippen LogP contribution in [0, 0.1) is 37.5 Å². The summed E-state index contributed by atoms with van der Waals surface area (Å²) < 4.78 is 40.7. The zero-order valence-corrected chi connectivity index (χ0v) is 36.9. The van der Waals surface area contributed by atoms with E-state index in [0.29, 0.717) is 11.5 Å². The lowest BCUT2D eigenvalue weighted by Gasteiger charge is -2.10. The van der Waals surface area contributed by atoms with Gasteiger partial charge < -0.3 is 37.9 Å². The van der Waals surface area contributed by atoms with Crippen molar-refractivity contribution in [2.45, 2.75) is 39.5 Å². The van der Waals surface area contributed by atoms with Crippen LogP contribution in [0.1, 0.15) is 59.1 Å². The zero-order valence-electron chi connectivity index (χ0n) is 36.9. The highest BCUT2D eigenvalue weighted by atomic mass is 16.6. The largest absolute Gasteiger partial charge is 0.490 e. The van der Waals surface area contributed by atoms with Crippen LogP contribution in [-0.2, 0) is 57.2 Å². The van der Waals surface area contributed by atoms with E-state index >= 15 is 0 Å². The highest BCUT2D eigenvalue weighted by Gasteiger charge is 2.12. The van der Waals surface area contributed by atoms with Crippen LogP contribution in [0.5, 0.6) is 11.5 Å². The normalized spacial score (nSPS) is 10.0. The van der Waals surface area contributed by atoms with E-state index < -0.39 is 35.8 Å². The minimum absolute atomic E-state index is 0.00901. The van der Waals surface area contributed by atoms with Crippen molar-refractivity contribution in [3.63, 3.8) is 0 Å². The minimum atomic E-state index is -0.616. The van der Waals surface area contributed by atoms with Crippen LogP contribution in [0.25, 0.3) is 11.1 Å². The summed E-state index contributed by atoms with van der Waals surface area (Å²) >= 11 is 0. The topological polar surface area (TPSA) is 176 Å². The maximum atomic E-state index is 11.9. The number of aryl methyl sites for hydroxylation is 2. The van der Waals surface area contributed by atoms with E-state index in [1.807, 2.05) is 36.4 Å². The lowest BCUT2D eigenvalue weighted by atomic mass is 9.94. The first kappa shape index (κ1) is 50.5. The third kappa shape index (κ3) is 19.1. The molecule has 4 aromatic rings. The molecular formula is C52H50O14. The molecule has 4 aromatic carbocycles. The van der Waals surface area contributed by atoms with E-state index in [4.69, 9.17) is 37.9 Å². The molecule has 66 heavy (non-hydrogen) atoms. The van der Waals surface area contributed by atoms with Gasteiger partial charge in [0.05, 0.1) is 25.7 Å². The third-order valence-corrected chi connectivity index (χ3v) is 8.97. The second-order valence-electron chi connectivity index (χ2n) is 13.9. The molecule has 4 rings (SSSR count). The molecule has 342 valence electrons. The summed E-state index contributed by atoms with van der Waals surface area (Å²) in [4.78, 5) is 69.2. The summed E-state index contributed by atoms with van der Waals surface area (Å²) in [6.45, 7) is 10.5. The highest BCUT2D eigenvalue weighted by molar-refractivity contribution is 5.82. The molecule has 0 saturated heterocycles. The summed E-state index contributed by atoms with van der Waals surface area (Å²) in [6, 6.07) is 26.7. The van der Waals surface area contributed by atoms with Crippen molar-refractivity contribution in [3.8, 4) is 46.3 Å². The fourth-order valence-electron chi connectivity index (χ4n) is 5.69. The number of ether oxygens (including phenoxy) is 8. The minimum Gasteiger partial charge on any atom is -0.490 e. The quantitative estimate of drug-likeness (QED) is 0.0252. The number of hydrogen-bond donors (Lipinski definition) is 0. The molecule has 14 nitrogen and oxygen atoms in total. The van der Waals surface area contributed by atoms with Gasteiger partial charge in [-0.1, -0.05) is 49.0 Å². The summed E-state index contributed by atoms with van der Waals surface area (Å²) in [5, 5.41) is 0. The van der Waals surface area contributed by atoms with Gasteiger partial charge in [0.2, 0.25) is 0 Å². The Balaban J connectivity index is 1.15. The number of carbonyl (C=O) groups is 6. The molecule has 0 heterocycles. The van der Waals surface area contributed by atoms with Gasteiger partial charge >= 0.3 is 35.8 Å². The van der Waals surface area contributed by atoms with Crippen molar-refractivity contribution in [1.29, 1.82) is 0 Å². The average molecular weight is 899 g/mol. The molecule has 0 aliphatic heterocycles. The van der Waals surface area contributed by atoms with E-state index in [9.17, 15) is 28.8 Å². The molecule has 0 spiro atoms.